The molecule has 0 aliphatic carbocycles. The topological polar surface area (TPSA) is 46.9 Å². The summed E-state index contributed by atoms with van der Waals surface area (Å²) < 4.78 is 6.55. The number of quaternary nitrogens is 1. The number of anilines is 1. The predicted molar refractivity (Wildman–Crippen MR) is 114 cm³/mol. The van der Waals surface area contributed by atoms with E-state index in [1.54, 1.807) is 18.4 Å². The number of methoxy groups -OCH3 is 1. The standard InChI is InChI=1S/C20H25N3O2S2/c1-5-22(6-2)11-12-23(19(24)16-8-7-13-26-16)20-21-17-15(25-4)10-9-14(3)18(17)27-20/h7-10,13H,5-6,11-12H2,1-4H3/p+1. The molecule has 3 rings (SSSR count). The maximum Gasteiger partial charge on any atom is 0.270 e. The molecule has 0 bridgehead atoms. The van der Waals surface area contributed by atoms with Crippen LogP contribution in [0.25, 0.3) is 10.2 Å². The highest BCUT2D eigenvalue weighted by atomic mass is 32.1. The molecule has 5 nitrogen and oxygen atoms in total. The molecule has 0 aliphatic rings. The van der Waals surface area contributed by atoms with Crippen LogP contribution >= 0.6 is 22.7 Å². The van der Waals surface area contributed by atoms with E-state index in [2.05, 4.69) is 20.8 Å². The van der Waals surface area contributed by atoms with E-state index in [4.69, 9.17) is 9.72 Å². The molecule has 0 atom stereocenters. The first-order valence-corrected chi connectivity index (χ1v) is 10.9. The molecule has 2 aromatic heterocycles. The number of hydrogen-bond acceptors (Lipinski definition) is 5. The lowest BCUT2D eigenvalue weighted by atomic mass is 10.2. The Hall–Kier alpha value is -1.96. The molecule has 0 radical (unpaired) electrons. The van der Waals surface area contributed by atoms with Gasteiger partial charge in [-0.1, -0.05) is 23.5 Å². The summed E-state index contributed by atoms with van der Waals surface area (Å²) in [6.45, 7) is 10.1. The average Bonchev–Trinajstić information content (AvgIpc) is 3.36. The van der Waals surface area contributed by atoms with E-state index in [0.29, 0.717) is 6.54 Å². The van der Waals surface area contributed by atoms with E-state index in [0.717, 1.165) is 51.2 Å². The Labute approximate surface area is 168 Å². The number of ether oxygens (including phenoxy) is 1. The van der Waals surface area contributed by atoms with Gasteiger partial charge in [0.05, 0.1) is 42.9 Å². The second kappa shape index (κ2) is 8.82. The molecule has 0 saturated heterocycles. The Morgan fingerprint density at radius 1 is 1.26 bits per heavy atom. The summed E-state index contributed by atoms with van der Waals surface area (Å²) in [5, 5.41) is 2.68. The lowest BCUT2D eigenvalue weighted by molar-refractivity contribution is -0.894. The fraction of sp³-hybridized carbons (Fsp3) is 0.400. The van der Waals surface area contributed by atoms with E-state index < -0.39 is 0 Å². The van der Waals surface area contributed by atoms with Crippen LogP contribution in [0.5, 0.6) is 5.75 Å². The lowest BCUT2D eigenvalue weighted by Crippen LogP contribution is -3.12. The molecule has 27 heavy (non-hydrogen) atoms. The molecule has 7 heteroatoms. The minimum Gasteiger partial charge on any atom is -0.494 e. The van der Waals surface area contributed by atoms with E-state index >= 15 is 0 Å². The van der Waals surface area contributed by atoms with Gasteiger partial charge in [0.1, 0.15) is 11.3 Å². The third kappa shape index (κ3) is 4.15. The van der Waals surface area contributed by atoms with Crippen molar-refractivity contribution in [2.45, 2.75) is 20.8 Å². The van der Waals surface area contributed by atoms with Crippen molar-refractivity contribution in [2.75, 3.05) is 38.2 Å². The number of rotatable bonds is 8. The molecule has 0 saturated carbocycles. The first-order chi connectivity index (χ1) is 13.1. The van der Waals surface area contributed by atoms with Gasteiger partial charge >= 0.3 is 0 Å². The van der Waals surface area contributed by atoms with Crippen molar-refractivity contribution in [3.8, 4) is 5.75 Å². The number of carbonyl (C=O) groups excluding carboxylic acids is 1. The van der Waals surface area contributed by atoms with Gasteiger partial charge in [0.25, 0.3) is 5.91 Å². The molecule has 1 amide bonds. The zero-order chi connectivity index (χ0) is 19.4. The van der Waals surface area contributed by atoms with Gasteiger partial charge in [-0.25, -0.2) is 4.98 Å². The minimum absolute atomic E-state index is 0.0206. The lowest BCUT2D eigenvalue weighted by Gasteiger charge is -2.22. The third-order valence-electron chi connectivity index (χ3n) is 4.81. The third-order valence-corrected chi connectivity index (χ3v) is 6.88. The maximum atomic E-state index is 13.2. The average molecular weight is 405 g/mol. The molecule has 0 fully saturated rings. The Morgan fingerprint density at radius 2 is 2.04 bits per heavy atom. The fourth-order valence-electron chi connectivity index (χ4n) is 3.07. The van der Waals surface area contributed by atoms with Crippen molar-refractivity contribution < 1.29 is 14.4 Å². The highest BCUT2D eigenvalue weighted by molar-refractivity contribution is 7.22. The zero-order valence-electron chi connectivity index (χ0n) is 16.2. The van der Waals surface area contributed by atoms with Gasteiger partial charge in [-0.2, -0.15) is 0 Å². The van der Waals surface area contributed by atoms with Gasteiger partial charge in [0.2, 0.25) is 0 Å². The Morgan fingerprint density at radius 3 is 2.67 bits per heavy atom. The SMILES string of the molecule is CC[NH+](CC)CCN(C(=O)c1cccs1)c1nc2c(OC)ccc(C)c2s1. The van der Waals surface area contributed by atoms with Gasteiger partial charge in [0.15, 0.2) is 5.13 Å². The highest BCUT2D eigenvalue weighted by Gasteiger charge is 2.24. The van der Waals surface area contributed by atoms with Crippen LogP contribution in [0.4, 0.5) is 5.13 Å². The van der Waals surface area contributed by atoms with Crippen molar-refractivity contribution >= 4 is 43.9 Å². The number of thiazole rings is 1. The molecule has 1 N–H and O–H groups in total. The number of fused-ring (bicyclic) bond motifs is 1. The number of amides is 1. The first kappa shape index (κ1) is 19.8. The number of likely N-dealkylation sites (N-methyl/N-ethyl adjacent to an activating group) is 1. The van der Waals surface area contributed by atoms with Crippen LogP contribution in [0.15, 0.2) is 29.6 Å². The second-order valence-electron chi connectivity index (χ2n) is 6.40. The Bertz CT molecular complexity index is 901. The summed E-state index contributed by atoms with van der Waals surface area (Å²) in [6.07, 6.45) is 0. The molecule has 0 unspecified atom stereocenters. The number of aryl methyl sites for hydroxylation is 1. The van der Waals surface area contributed by atoms with E-state index in [-0.39, 0.29) is 5.91 Å². The van der Waals surface area contributed by atoms with Gasteiger partial charge in [-0.3, -0.25) is 9.69 Å². The number of carbonyl (C=O) groups is 1. The van der Waals surface area contributed by atoms with Crippen LogP contribution in [0, 0.1) is 6.92 Å². The van der Waals surface area contributed by atoms with Crippen LogP contribution in [0.3, 0.4) is 0 Å². The summed E-state index contributed by atoms with van der Waals surface area (Å²) in [6, 6.07) is 7.77. The van der Waals surface area contributed by atoms with Crippen molar-refractivity contribution in [1.29, 1.82) is 0 Å². The number of hydrogen-bond donors (Lipinski definition) is 1. The molecule has 2 heterocycles. The first-order valence-electron chi connectivity index (χ1n) is 9.22. The number of nitrogens with one attached hydrogen (secondary N) is 1. The van der Waals surface area contributed by atoms with Gasteiger partial charge in [-0.05, 0) is 43.8 Å². The molecule has 144 valence electrons. The van der Waals surface area contributed by atoms with Crippen molar-refractivity contribution in [2.24, 2.45) is 0 Å². The van der Waals surface area contributed by atoms with E-state index in [1.807, 2.05) is 34.5 Å². The molecule has 1 aromatic carbocycles. The molecule has 0 aliphatic heterocycles. The van der Waals surface area contributed by atoms with E-state index in [9.17, 15) is 4.79 Å². The maximum absolute atomic E-state index is 13.2. The van der Waals surface area contributed by atoms with Crippen molar-refractivity contribution in [3.05, 3.63) is 40.1 Å². The number of aromatic nitrogens is 1. The van der Waals surface area contributed by atoms with Gasteiger partial charge < -0.3 is 9.64 Å². The summed E-state index contributed by atoms with van der Waals surface area (Å²) >= 11 is 3.03. The predicted octanol–water partition coefficient (Wildman–Crippen LogP) is 3.25. The molecular formula is C20H26N3O2S2+. The number of thiophene rings is 1. The number of benzene rings is 1. The molecular weight excluding hydrogens is 378 g/mol. The van der Waals surface area contributed by atoms with Gasteiger partial charge in [0, 0.05) is 0 Å². The molecule has 3 aromatic rings. The van der Waals surface area contributed by atoms with Crippen LogP contribution in [0.1, 0.15) is 29.1 Å². The number of nitrogens with zero attached hydrogens (tertiary/aromatic N) is 2. The van der Waals surface area contributed by atoms with E-state index in [1.165, 1.54) is 16.2 Å². The molecule has 0 spiro atoms. The summed E-state index contributed by atoms with van der Waals surface area (Å²) in [5.41, 5.74) is 1.98. The van der Waals surface area contributed by atoms with Crippen LogP contribution in [-0.2, 0) is 0 Å². The van der Waals surface area contributed by atoms with Crippen LogP contribution in [0.2, 0.25) is 0 Å². The Balaban J connectivity index is 2.00. The van der Waals surface area contributed by atoms with Crippen LogP contribution < -0.4 is 14.5 Å². The van der Waals surface area contributed by atoms with Crippen molar-refractivity contribution in [3.63, 3.8) is 0 Å². The second-order valence-corrected chi connectivity index (χ2v) is 8.33. The van der Waals surface area contributed by atoms with Gasteiger partial charge in [-0.15, -0.1) is 11.3 Å². The zero-order valence-corrected chi connectivity index (χ0v) is 17.9. The van der Waals surface area contributed by atoms with Crippen molar-refractivity contribution in [1.82, 2.24) is 4.98 Å². The highest BCUT2D eigenvalue weighted by Crippen LogP contribution is 2.36. The monoisotopic (exact) mass is 404 g/mol. The normalized spacial score (nSPS) is 11.3. The summed E-state index contributed by atoms with van der Waals surface area (Å²) in [4.78, 5) is 22.0. The minimum atomic E-state index is 0.0206. The smallest absolute Gasteiger partial charge is 0.270 e. The Kier molecular flexibility index (Phi) is 6.46. The quantitative estimate of drug-likeness (QED) is 0.627. The fourth-order valence-corrected chi connectivity index (χ4v) is 4.82. The summed E-state index contributed by atoms with van der Waals surface area (Å²) in [7, 11) is 1.65. The summed E-state index contributed by atoms with van der Waals surface area (Å²) in [5.74, 6) is 0.767. The largest absolute Gasteiger partial charge is 0.494 e. The van der Waals surface area contributed by atoms with Crippen LogP contribution in [-0.4, -0.2) is 44.2 Å².